The first kappa shape index (κ1) is 14.2. The first-order valence-electron chi connectivity index (χ1n) is 6.09. The van der Waals surface area contributed by atoms with Crippen molar-refractivity contribution in [1.82, 2.24) is 9.97 Å². The number of nitrogens with zero attached hydrogens (tertiary/aromatic N) is 1. The van der Waals surface area contributed by atoms with Gasteiger partial charge in [0, 0.05) is 16.6 Å². The van der Waals surface area contributed by atoms with E-state index in [0.717, 1.165) is 0 Å². The molecule has 1 aliphatic rings. The van der Waals surface area contributed by atoms with Crippen LogP contribution in [-0.4, -0.2) is 31.6 Å². The number of H-pyrrole nitrogens is 1. The molecular formula is C12H12BrN3O4S. The molecule has 2 aromatic rings. The number of ether oxygens (including phenoxy) is 2. The molecule has 0 aliphatic carbocycles. The fraction of sp³-hybridized carbons (Fsp3) is 0.250. The zero-order valence-electron chi connectivity index (χ0n) is 11.0. The maximum Gasteiger partial charge on any atom is 0.279 e. The van der Waals surface area contributed by atoms with Gasteiger partial charge in [-0.05, 0) is 22.9 Å². The van der Waals surface area contributed by atoms with Crippen LogP contribution in [0.25, 0.3) is 0 Å². The maximum atomic E-state index is 12.3. The van der Waals surface area contributed by atoms with Crippen molar-refractivity contribution in [3.05, 3.63) is 28.6 Å². The molecule has 0 radical (unpaired) electrons. The Morgan fingerprint density at radius 3 is 2.57 bits per heavy atom. The first-order valence-corrected chi connectivity index (χ1v) is 8.37. The number of rotatable bonds is 3. The van der Waals surface area contributed by atoms with Crippen molar-refractivity contribution in [2.45, 2.75) is 11.9 Å². The van der Waals surface area contributed by atoms with Crippen molar-refractivity contribution in [1.29, 1.82) is 0 Å². The van der Waals surface area contributed by atoms with E-state index >= 15 is 0 Å². The van der Waals surface area contributed by atoms with Gasteiger partial charge in [0.25, 0.3) is 10.0 Å². The molecule has 0 saturated heterocycles. The second-order valence-electron chi connectivity index (χ2n) is 4.41. The Bertz CT molecular complexity index is 788. The first-order chi connectivity index (χ1) is 9.95. The van der Waals surface area contributed by atoms with Gasteiger partial charge in [0.15, 0.2) is 16.5 Å². The Hall–Kier alpha value is -1.74. The summed E-state index contributed by atoms with van der Waals surface area (Å²) in [5, 5.41) is 0.00166. The summed E-state index contributed by atoms with van der Waals surface area (Å²) in [5.41, 5.74) is 0.367. The second kappa shape index (κ2) is 5.23. The summed E-state index contributed by atoms with van der Waals surface area (Å²) in [6, 6.07) is 3.25. The van der Waals surface area contributed by atoms with Crippen molar-refractivity contribution in [2.75, 3.05) is 17.9 Å². The van der Waals surface area contributed by atoms with Crippen LogP contribution in [-0.2, 0) is 10.0 Å². The van der Waals surface area contributed by atoms with Gasteiger partial charge in [-0.3, -0.25) is 4.72 Å². The molecular weight excluding hydrogens is 362 g/mol. The molecule has 3 rings (SSSR count). The zero-order valence-corrected chi connectivity index (χ0v) is 13.4. The highest BCUT2D eigenvalue weighted by atomic mass is 79.9. The topological polar surface area (TPSA) is 93.3 Å². The molecule has 112 valence electrons. The smallest absolute Gasteiger partial charge is 0.279 e. The van der Waals surface area contributed by atoms with E-state index in [4.69, 9.17) is 9.47 Å². The Morgan fingerprint density at radius 2 is 1.95 bits per heavy atom. The molecule has 0 saturated carbocycles. The number of aromatic nitrogens is 2. The normalized spacial score (nSPS) is 14.0. The van der Waals surface area contributed by atoms with Crippen LogP contribution in [0.2, 0.25) is 0 Å². The standard InChI is InChI=1S/C12H12BrN3O4S/c1-7-14-6-12(15-7)21(17,18)16-9-5-11-10(4-8(9)13)19-2-3-20-11/h4-6,16H,2-3H2,1H3,(H,14,15). The molecule has 9 heteroatoms. The lowest BCUT2D eigenvalue weighted by atomic mass is 10.2. The minimum atomic E-state index is -3.74. The van der Waals surface area contributed by atoms with E-state index in [1.54, 1.807) is 19.1 Å². The SMILES string of the molecule is Cc1ncc(S(=O)(=O)Nc2cc3c(cc2Br)OCCO3)[nH]1. The molecule has 0 amide bonds. The van der Waals surface area contributed by atoms with E-state index in [2.05, 4.69) is 30.6 Å². The largest absolute Gasteiger partial charge is 0.486 e. The molecule has 1 aliphatic heterocycles. The third-order valence-electron chi connectivity index (χ3n) is 2.85. The third-order valence-corrected chi connectivity index (χ3v) is 4.78. The van der Waals surface area contributed by atoms with Crippen LogP contribution in [0.5, 0.6) is 11.5 Å². The Labute approximate surface area is 129 Å². The Morgan fingerprint density at radius 1 is 1.29 bits per heavy atom. The minimum absolute atomic E-state index is 0.00166. The van der Waals surface area contributed by atoms with Gasteiger partial charge in [-0.2, -0.15) is 8.42 Å². The molecule has 0 bridgehead atoms. The number of hydrogen-bond donors (Lipinski definition) is 2. The fourth-order valence-electron chi connectivity index (χ4n) is 1.88. The van der Waals surface area contributed by atoms with E-state index in [9.17, 15) is 8.42 Å². The molecule has 1 aromatic carbocycles. The molecule has 1 aromatic heterocycles. The Kier molecular flexibility index (Phi) is 3.54. The molecule has 21 heavy (non-hydrogen) atoms. The number of halogens is 1. The average Bonchev–Trinajstić information content (AvgIpc) is 2.87. The Balaban J connectivity index is 1.94. The van der Waals surface area contributed by atoms with Gasteiger partial charge in [-0.15, -0.1) is 0 Å². The number of aryl methyl sites for hydroxylation is 1. The summed E-state index contributed by atoms with van der Waals surface area (Å²) in [6.07, 6.45) is 1.27. The zero-order chi connectivity index (χ0) is 15.0. The number of imidazole rings is 1. The highest BCUT2D eigenvalue weighted by Crippen LogP contribution is 2.38. The number of hydrogen-bond acceptors (Lipinski definition) is 5. The number of sulfonamides is 1. The summed E-state index contributed by atoms with van der Waals surface area (Å²) in [6.45, 7) is 2.58. The highest BCUT2D eigenvalue weighted by Gasteiger charge is 2.21. The van der Waals surface area contributed by atoms with Gasteiger partial charge in [-0.25, -0.2) is 4.98 Å². The fourth-order valence-corrected chi connectivity index (χ4v) is 3.47. The number of nitrogens with one attached hydrogen (secondary N) is 2. The highest BCUT2D eigenvalue weighted by molar-refractivity contribution is 9.10. The lowest BCUT2D eigenvalue weighted by Crippen LogP contribution is -2.17. The molecule has 0 atom stereocenters. The number of benzene rings is 1. The minimum Gasteiger partial charge on any atom is -0.486 e. The van der Waals surface area contributed by atoms with E-state index < -0.39 is 10.0 Å². The van der Waals surface area contributed by atoms with E-state index in [-0.39, 0.29) is 5.03 Å². The summed E-state index contributed by atoms with van der Waals surface area (Å²) >= 11 is 3.32. The lowest BCUT2D eigenvalue weighted by Gasteiger charge is -2.20. The molecule has 0 unspecified atom stereocenters. The van der Waals surface area contributed by atoms with Gasteiger partial charge in [0.05, 0.1) is 11.9 Å². The number of aromatic amines is 1. The van der Waals surface area contributed by atoms with Crippen LogP contribution < -0.4 is 14.2 Å². The van der Waals surface area contributed by atoms with Crippen molar-refractivity contribution in [3.63, 3.8) is 0 Å². The van der Waals surface area contributed by atoms with Crippen molar-refractivity contribution in [2.24, 2.45) is 0 Å². The molecule has 2 heterocycles. The number of fused-ring (bicyclic) bond motifs is 1. The number of anilines is 1. The van der Waals surface area contributed by atoms with Crippen molar-refractivity contribution in [3.8, 4) is 11.5 Å². The third kappa shape index (κ3) is 2.84. The van der Waals surface area contributed by atoms with Crippen LogP contribution >= 0.6 is 15.9 Å². The van der Waals surface area contributed by atoms with Gasteiger partial charge < -0.3 is 14.5 Å². The molecule has 0 spiro atoms. The van der Waals surface area contributed by atoms with Crippen molar-refractivity contribution >= 4 is 31.6 Å². The van der Waals surface area contributed by atoms with Gasteiger partial charge in [0.1, 0.15) is 19.0 Å². The van der Waals surface area contributed by atoms with Crippen LogP contribution in [0.3, 0.4) is 0 Å². The summed E-state index contributed by atoms with van der Waals surface area (Å²) < 4.78 is 38.4. The predicted octanol–water partition coefficient (Wildman–Crippen LogP) is 2.05. The second-order valence-corrected chi connectivity index (χ2v) is 6.92. The van der Waals surface area contributed by atoms with Crippen LogP contribution in [0.15, 0.2) is 27.8 Å². The maximum absolute atomic E-state index is 12.3. The average molecular weight is 374 g/mol. The van der Waals surface area contributed by atoms with E-state index in [1.165, 1.54) is 6.20 Å². The van der Waals surface area contributed by atoms with Gasteiger partial charge >= 0.3 is 0 Å². The van der Waals surface area contributed by atoms with Gasteiger partial charge in [-0.1, -0.05) is 0 Å². The summed E-state index contributed by atoms with van der Waals surface area (Å²) in [5.74, 6) is 1.60. The molecule has 0 fully saturated rings. The van der Waals surface area contributed by atoms with Crippen molar-refractivity contribution < 1.29 is 17.9 Å². The summed E-state index contributed by atoms with van der Waals surface area (Å²) in [7, 11) is -3.74. The van der Waals surface area contributed by atoms with E-state index in [1.807, 2.05) is 0 Å². The van der Waals surface area contributed by atoms with Gasteiger partial charge in [0.2, 0.25) is 0 Å². The monoisotopic (exact) mass is 373 g/mol. The summed E-state index contributed by atoms with van der Waals surface area (Å²) in [4.78, 5) is 6.57. The van der Waals surface area contributed by atoms with E-state index in [0.29, 0.717) is 40.7 Å². The predicted molar refractivity (Wildman–Crippen MR) is 79.3 cm³/mol. The van der Waals surface area contributed by atoms with Crippen LogP contribution in [0.1, 0.15) is 5.82 Å². The lowest BCUT2D eigenvalue weighted by molar-refractivity contribution is 0.171. The molecule has 7 nitrogen and oxygen atoms in total. The quantitative estimate of drug-likeness (QED) is 0.858. The molecule has 2 N–H and O–H groups in total. The van der Waals surface area contributed by atoms with Crippen LogP contribution in [0, 0.1) is 6.92 Å². The van der Waals surface area contributed by atoms with Crippen LogP contribution in [0.4, 0.5) is 5.69 Å².